The molecule has 0 saturated heterocycles. The second-order valence-corrected chi connectivity index (χ2v) is 4.60. The molecule has 1 aromatic carbocycles. The third-order valence-corrected chi connectivity index (χ3v) is 3.01. The maximum atomic E-state index is 12.6. The molecule has 1 fully saturated rings. The normalized spacial score (nSPS) is 15.1. The van der Waals surface area contributed by atoms with Crippen molar-refractivity contribution in [2.45, 2.75) is 31.7 Å². The molecular formula is C13H13F3N2O. The smallest absolute Gasteiger partial charge is 0.392 e. The highest BCUT2D eigenvalue weighted by Gasteiger charge is 2.38. The summed E-state index contributed by atoms with van der Waals surface area (Å²) in [6.45, 7) is -1.29. The molecular weight excluding hydrogens is 257 g/mol. The zero-order valence-electron chi connectivity index (χ0n) is 10.1. The van der Waals surface area contributed by atoms with Crippen LogP contribution in [0.15, 0.2) is 18.2 Å². The topological polar surface area (TPSA) is 47.3 Å². The van der Waals surface area contributed by atoms with Crippen molar-refractivity contribution < 1.29 is 18.3 Å². The van der Waals surface area contributed by atoms with Crippen LogP contribution in [-0.4, -0.2) is 23.9 Å². The lowest BCUT2D eigenvalue weighted by atomic mass is 10.1. The maximum absolute atomic E-state index is 12.6. The number of alkyl halides is 3. The SMILES string of the molecule is N#Cc1cc(CO)ccc1N(CC(F)(F)F)C1CC1. The number of aliphatic hydroxyl groups is 1. The summed E-state index contributed by atoms with van der Waals surface area (Å²) in [5.41, 5.74) is 0.977. The first-order chi connectivity index (χ1) is 8.94. The Hall–Kier alpha value is -1.74. The van der Waals surface area contributed by atoms with Crippen molar-refractivity contribution in [1.82, 2.24) is 0 Å². The number of aliphatic hydroxyl groups excluding tert-OH is 1. The summed E-state index contributed by atoms with van der Waals surface area (Å²) < 4.78 is 37.8. The third-order valence-electron chi connectivity index (χ3n) is 3.01. The molecule has 3 nitrogen and oxygen atoms in total. The summed E-state index contributed by atoms with van der Waals surface area (Å²) in [5.74, 6) is 0. The number of hydrogen-bond donors (Lipinski definition) is 1. The summed E-state index contributed by atoms with van der Waals surface area (Å²) in [7, 11) is 0. The molecule has 102 valence electrons. The van der Waals surface area contributed by atoms with E-state index in [4.69, 9.17) is 10.4 Å². The van der Waals surface area contributed by atoms with Gasteiger partial charge in [-0.25, -0.2) is 0 Å². The highest BCUT2D eigenvalue weighted by Crippen LogP contribution is 2.36. The van der Waals surface area contributed by atoms with Gasteiger partial charge in [-0.1, -0.05) is 6.07 Å². The molecule has 0 radical (unpaired) electrons. The van der Waals surface area contributed by atoms with E-state index in [1.165, 1.54) is 17.0 Å². The molecule has 0 atom stereocenters. The molecule has 19 heavy (non-hydrogen) atoms. The van der Waals surface area contributed by atoms with Crippen LogP contribution >= 0.6 is 0 Å². The quantitative estimate of drug-likeness (QED) is 0.914. The summed E-state index contributed by atoms with van der Waals surface area (Å²) >= 11 is 0. The summed E-state index contributed by atoms with van der Waals surface area (Å²) in [4.78, 5) is 1.24. The Balaban J connectivity index is 2.34. The molecule has 0 unspecified atom stereocenters. The second-order valence-electron chi connectivity index (χ2n) is 4.60. The standard InChI is InChI=1S/C13H13F3N2O/c14-13(15,16)8-18(11-2-3-11)12-4-1-9(7-19)5-10(12)6-17/h1,4-5,11,19H,2-3,7-8H2. The van der Waals surface area contributed by atoms with Crippen LogP contribution in [-0.2, 0) is 6.61 Å². The fraction of sp³-hybridized carbons (Fsp3) is 0.462. The maximum Gasteiger partial charge on any atom is 0.405 e. The lowest BCUT2D eigenvalue weighted by Gasteiger charge is -2.27. The molecule has 0 aromatic heterocycles. The Kier molecular flexibility index (Phi) is 3.67. The Morgan fingerprint density at radius 2 is 2.05 bits per heavy atom. The van der Waals surface area contributed by atoms with Crippen molar-refractivity contribution in [3.8, 4) is 6.07 Å². The Bertz CT molecular complexity index is 504. The molecule has 0 aliphatic heterocycles. The number of hydrogen-bond acceptors (Lipinski definition) is 3. The fourth-order valence-corrected chi connectivity index (χ4v) is 2.01. The number of benzene rings is 1. The van der Waals surface area contributed by atoms with E-state index in [-0.39, 0.29) is 18.2 Å². The summed E-state index contributed by atoms with van der Waals surface area (Å²) in [6, 6.07) is 6.21. The van der Waals surface area contributed by atoms with E-state index in [0.717, 1.165) is 0 Å². The van der Waals surface area contributed by atoms with Crippen LogP contribution in [0.25, 0.3) is 0 Å². The molecule has 0 bridgehead atoms. The van der Waals surface area contributed by atoms with E-state index in [1.54, 1.807) is 6.07 Å². The first kappa shape index (κ1) is 13.7. The van der Waals surface area contributed by atoms with Gasteiger partial charge in [-0.3, -0.25) is 0 Å². The zero-order valence-corrected chi connectivity index (χ0v) is 10.1. The minimum atomic E-state index is -4.30. The average Bonchev–Trinajstić information content (AvgIpc) is 3.18. The van der Waals surface area contributed by atoms with Crippen LogP contribution in [0.5, 0.6) is 0 Å². The first-order valence-electron chi connectivity index (χ1n) is 5.92. The van der Waals surface area contributed by atoms with Gasteiger partial charge >= 0.3 is 6.18 Å². The molecule has 1 aliphatic carbocycles. The van der Waals surface area contributed by atoms with E-state index < -0.39 is 12.7 Å². The van der Waals surface area contributed by atoms with Gasteiger partial charge in [0.05, 0.1) is 17.9 Å². The zero-order chi connectivity index (χ0) is 14.0. The number of nitriles is 1. The Morgan fingerprint density at radius 3 is 2.53 bits per heavy atom. The fourth-order valence-electron chi connectivity index (χ4n) is 2.01. The Morgan fingerprint density at radius 1 is 1.37 bits per heavy atom. The second kappa shape index (κ2) is 5.10. The van der Waals surface area contributed by atoms with Crippen molar-refractivity contribution in [2.75, 3.05) is 11.4 Å². The molecule has 6 heteroatoms. The van der Waals surface area contributed by atoms with Crippen LogP contribution in [0.3, 0.4) is 0 Å². The van der Waals surface area contributed by atoms with Gasteiger partial charge in [0.15, 0.2) is 0 Å². The van der Waals surface area contributed by atoms with Crippen molar-refractivity contribution in [3.05, 3.63) is 29.3 Å². The number of anilines is 1. The molecule has 1 aromatic rings. The minimum Gasteiger partial charge on any atom is -0.392 e. The van der Waals surface area contributed by atoms with Gasteiger partial charge in [0, 0.05) is 6.04 Å². The van der Waals surface area contributed by atoms with Crippen LogP contribution in [0.4, 0.5) is 18.9 Å². The van der Waals surface area contributed by atoms with Crippen molar-refractivity contribution >= 4 is 5.69 Å². The molecule has 2 rings (SSSR count). The van der Waals surface area contributed by atoms with Crippen LogP contribution in [0.1, 0.15) is 24.0 Å². The van der Waals surface area contributed by atoms with Crippen LogP contribution in [0, 0.1) is 11.3 Å². The molecule has 1 aliphatic rings. The minimum absolute atomic E-state index is 0.145. The molecule has 0 heterocycles. The predicted molar refractivity (Wildman–Crippen MR) is 63.5 cm³/mol. The highest BCUT2D eigenvalue weighted by atomic mass is 19.4. The number of rotatable bonds is 4. The highest BCUT2D eigenvalue weighted by molar-refractivity contribution is 5.61. The van der Waals surface area contributed by atoms with Gasteiger partial charge in [-0.15, -0.1) is 0 Å². The van der Waals surface area contributed by atoms with Crippen molar-refractivity contribution in [1.29, 1.82) is 5.26 Å². The van der Waals surface area contributed by atoms with Crippen LogP contribution in [0.2, 0.25) is 0 Å². The van der Waals surface area contributed by atoms with Gasteiger partial charge in [0.2, 0.25) is 0 Å². The van der Waals surface area contributed by atoms with E-state index in [0.29, 0.717) is 24.1 Å². The van der Waals surface area contributed by atoms with E-state index >= 15 is 0 Å². The third kappa shape index (κ3) is 3.38. The van der Waals surface area contributed by atoms with Gasteiger partial charge in [0.25, 0.3) is 0 Å². The van der Waals surface area contributed by atoms with E-state index in [2.05, 4.69) is 0 Å². The Labute approximate surface area is 108 Å². The molecule has 0 spiro atoms. The first-order valence-corrected chi connectivity index (χ1v) is 5.92. The van der Waals surface area contributed by atoms with Crippen molar-refractivity contribution in [2.24, 2.45) is 0 Å². The van der Waals surface area contributed by atoms with Gasteiger partial charge < -0.3 is 10.0 Å². The van der Waals surface area contributed by atoms with Gasteiger partial charge in [0.1, 0.15) is 12.6 Å². The molecule has 0 amide bonds. The predicted octanol–water partition coefficient (Wildman–Crippen LogP) is 2.58. The molecule has 1 N–H and O–H groups in total. The monoisotopic (exact) mass is 270 g/mol. The summed E-state index contributed by atoms with van der Waals surface area (Å²) in [5, 5.41) is 18.0. The number of nitrogens with zero attached hydrogens (tertiary/aromatic N) is 2. The largest absolute Gasteiger partial charge is 0.405 e. The van der Waals surface area contributed by atoms with Crippen molar-refractivity contribution in [3.63, 3.8) is 0 Å². The van der Waals surface area contributed by atoms with Gasteiger partial charge in [-0.05, 0) is 30.5 Å². The van der Waals surface area contributed by atoms with E-state index in [9.17, 15) is 13.2 Å². The average molecular weight is 270 g/mol. The lowest BCUT2D eigenvalue weighted by molar-refractivity contribution is -0.120. The van der Waals surface area contributed by atoms with Gasteiger partial charge in [-0.2, -0.15) is 18.4 Å². The summed E-state index contributed by atoms with van der Waals surface area (Å²) in [6.07, 6.45) is -2.88. The van der Waals surface area contributed by atoms with Crippen LogP contribution < -0.4 is 4.90 Å². The lowest BCUT2D eigenvalue weighted by Crippen LogP contribution is -2.36. The molecule has 1 saturated carbocycles. The van der Waals surface area contributed by atoms with E-state index in [1.807, 2.05) is 6.07 Å². The number of halogens is 3.